The van der Waals surface area contributed by atoms with Crippen LogP contribution in [0.3, 0.4) is 0 Å². The lowest BCUT2D eigenvalue weighted by atomic mass is 10.1. The van der Waals surface area contributed by atoms with Crippen LogP contribution in [-0.2, 0) is 16.0 Å². The molecule has 2 aromatic rings. The monoisotopic (exact) mass is 307 g/mol. The minimum absolute atomic E-state index is 0.0434. The van der Waals surface area contributed by atoms with Crippen LogP contribution in [0.4, 0.5) is 12.0 Å². The fourth-order valence-corrected chi connectivity index (χ4v) is 1.57. The quantitative estimate of drug-likeness (QED) is 0.828. The number of amides is 2. The summed E-state index contributed by atoms with van der Waals surface area (Å²) in [4.78, 5) is 27.6. The molecule has 2 rings (SSSR count). The van der Waals surface area contributed by atoms with Gasteiger partial charge in [-0.05, 0) is 0 Å². The molecule has 0 saturated carbocycles. The number of nitrogens with zero attached hydrogens (tertiary/aromatic N) is 3. The van der Waals surface area contributed by atoms with Gasteiger partial charge in [-0.25, -0.2) is 0 Å². The second-order valence-electron chi connectivity index (χ2n) is 5.13. The highest BCUT2D eigenvalue weighted by atomic mass is 16.4. The first-order valence-electron chi connectivity index (χ1n) is 6.78. The number of carbonyl (C=O) groups excluding carboxylic acids is 2. The van der Waals surface area contributed by atoms with Crippen LogP contribution >= 0.6 is 0 Å². The number of hydrogen-bond acceptors (Lipinski definition) is 7. The molecule has 2 heterocycles. The first kappa shape index (κ1) is 15.7. The molecule has 2 aromatic heterocycles. The van der Waals surface area contributed by atoms with Crippen LogP contribution in [0, 0.1) is 11.8 Å². The predicted octanol–water partition coefficient (Wildman–Crippen LogP) is 1.47. The summed E-state index contributed by atoms with van der Waals surface area (Å²) in [5, 5.41) is 12.1. The summed E-state index contributed by atoms with van der Waals surface area (Å²) >= 11 is 0. The molecule has 0 bridgehead atoms. The van der Waals surface area contributed by atoms with Gasteiger partial charge < -0.3 is 8.83 Å². The SMILES string of the molecule is CC(C)C(=O)Nc1nc(CC(C)C(=O)Nc2nnco2)co1. The Morgan fingerprint density at radius 1 is 1.14 bits per heavy atom. The number of carbonyl (C=O) groups is 2. The van der Waals surface area contributed by atoms with Crippen LogP contribution in [0.5, 0.6) is 0 Å². The van der Waals surface area contributed by atoms with Gasteiger partial charge in [0.25, 0.3) is 0 Å². The van der Waals surface area contributed by atoms with Gasteiger partial charge in [-0.3, -0.25) is 20.2 Å². The largest absolute Gasteiger partial charge is 0.432 e. The van der Waals surface area contributed by atoms with Crippen molar-refractivity contribution in [2.24, 2.45) is 11.8 Å². The highest BCUT2D eigenvalue weighted by Gasteiger charge is 2.18. The van der Waals surface area contributed by atoms with E-state index in [0.717, 1.165) is 6.39 Å². The number of anilines is 2. The van der Waals surface area contributed by atoms with Gasteiger partial charge in [0.1, 0.15) is 6.26 Å². The lowest BCUT2D eigenvalue weighted by molar-refractivity contribution is -0.120. The fraction of sp³-hybridized carbons (Fsp3) is 0.462. The molecule has 0 aromatic carbocycles. The number of hydrogen-bond donors (Lipinski definition) is 2. The Morgan fingerprint density at radius 2 is 1.86 bits per heavy atom. The van der Waals surface area contributed by atoms with Gasteiger partial charge in [0.05, 0.1) is 5.69 Å². The van der Waals surface area contributed by atoms with E-state index in [9.17, 15) is 9.59 Å². The molecule has 1 atom stereocenters. The van der Waals surface area contributed by atoms with E-state index in [0.29, 0.717) is 12.1 Å². The van der Waals surface area contributed by atoms with Crippen LogP contribution in [0.25, 0.3) is 0 Å². The molecular weight excluding hydrogens is 290 g/mol. The van der Waals surface area contributed by atoms with E-state index in [4.69, 9.17) is 8.83 Å². The van der Waals surface area contributed by atoms with Crippen LogP contribution in [0.2, 0.25) is 0 Å². The molecule has 0 radical (unpaired) electrons. The Kier molecular flexibility index (Phi) is 4.87. The molecule has 0 aliphatic heterocycles. The zero-order valence-corrected chi connectivity index (χ0v) is 12.5. The topological polar surface area (TPSA) is 123 Å². The van der Waals surface area contributed by atoms with Crippen LogP contribution in [0.1, 0.15) is 26.5 Å². The fourth-order valence-electron chi connectivity index (χ4n) is 1.57. The highest BCUT2D eigenvalue weighted by Crippen LogP contribution is 2.14. The number of oxazole rings is 1. The molecule has 0 spiro atoms. The average Bonchev–Trinajstić information content (AvgIpc) is 3.10. The Bertz CT molecular complexity index is 635. The molecule has 1 unspecified atom stereocenters. The third-order valence-electron chi connectivity index (χ3n) is 2.86. The predicted molar refractivity (Wildman–Crippen MR) is 75.8 cm³/mol. The summed E-state index contributed by atoms with van der Waals surface area (Å²) in [6.45, 7) is 5.26. The minimum atomic E-state index is -0.384. The van der Waals surface area contributed by atoms with Gasteiger partial charge >= 0.3 is 12.0 Å². The normalized spacial score (nSPS) is 12.2. The van der Waals surface area contributed by atoms with Crippen LogP contribution < -0.4 is 10.6 Å². The van der Waals surface area contributed by atoms with Crippen molar-refractivity contribution < 1.29 is 18.4 Å². The van der Waals surface area contributed by atoms with Crippen molar-refractivity contribution in [3.63, 3.8) is 0 Å². The summed E-state index contributed by atoms with van der Waals surface area (Å²) < 4.78 is 10.00. The molecular formula is C13H17N5O4. The lowest BCUT2D eigenvalue weighted by Gasteiger charge is -2.07. The number of nitrogens with one attached hydrogen (secondary N) is 2. The van der Waals surface area contributed by atoms with E-state index in [1.807, 2.05) is 0 Å². The van der Waals surface area contributed by atoms with Crippen molar-refractivity contribution in [3.8, 4) is 0 Å². The number of rotatable bonds is 6. The van der Waals surface area contributed by atoms with E-state index in [-0.39, 0.29) is 35.7 Å². The molecule has 2 amide bonds. The first-order valence-corrected chi connectivity index (χ1v) is 6.78. The summed E-state index contributed by atoms with van der Waals surface area (Å²) in [6, 6.07) is 0.167. The third-order valence-corrected chi connectivity index (χ3v) is 2.86. The van der Waals surface area contributed by atoms with Crippen molar-refractivity contribution >= 4 is 23.8 Å². The zero-order chi connectivity index (χ0) is 16.1. The molecule has 9 heteroatoms. The Balaban J connectivity index is 1.89. The second kappa shape index (κ2) is 6.83. The maximum absolute atomic E-state index is 11.9. The van der Waals surface area contributed by atoms with Gasteiger partial charge in [0.2, 0.25) is 18.2 Å². The Hall–Kier alpha value is -2.71. The van der Waals surface area contributed by atoms with Crippen LogP contribution in [0.15, 0.2) is 21.5 Å². The average molecular weight is 307 g/mol. The third kappa shape index (κ3) is 4.14. The van der Waals surface area contributed by atoms with Crippen molar-refractivity contribution in [2.45, 2.75) is 27.2 Å². The Morgan fingerprint density at radius 3 is 2.50 bits per heavy atom. The first-order chi connectivity index (χ1) is 10.5. The highest BCUT2D eigenvalue weighted by molar-refractivity contribution is 5.90. The van der Waals surface area contributed by atoms with Crippen LogP contribution in [-0.4, -0.2) is 27.0 Å². The summed E-state index contributed by atoms with van der Waals surface area (Å²) in [6.07, 6.45) is 2.88. The van der Waals surface area contributed by atoms with Crippen molar-refractivity contribution in [1.29, 1.82) is 0 Å². The van der Waals surface area contributed by atoms with Gasteiger partial charge in [0, 0.05) is 18.3 Å². The zero-order valence-electron chi connectivity index (χ0n) is 12.5. The lowest BCUT2D eigenvalue weighted by Crippen LogP contribution is -2.22. The van der Waals surface area contributed by atoms with Gasteiger partial charge in [-0.2, -0.15) is 4.98 Å². The molecule has 2 N–H and O–H groups in total. The van der Waals surface area contributed by atoms with E-state index >= 15 is 0 Å². The maximum atomic E-state index is 11.9. The van der Waals surface area contributed by atoms with Crippen molar-refractivity contribution in [3.05, 3.63) is 18.4 Å². The standard InChI is InChI=1S/C13H17N5O4/c1-7(2)10(19)16-12-15-9(5-21-12)4-8(3)11(20)17-13-18-14-6-22-13/h5-8H,4H2,1-3H3,(H,15,16,19)(H,17,18,20). The smallest absolute Gasteiger partial charge is 0.322 e. The minimum Gasteiger partial charge on any atom is -0.432 e. The Labute approximate surface area is 126 Å². The molecule has 118 valence electrons. The summed E-state index contributed by atoms with van der Waals surface area (Å²) in [7, 11) is 0. The van der Waals surface area contributed by atoms with Gasteiger partial charge in [0.15, 0.2) is 0 Å². The molecule has 0 saturated heterocycles. The molecule has 22 heavy (non-hydrogen) atoms. The van der Waals surface area contributed by atoms with E-state index in [2.05, 4.69) is 25.8 Å². The van der Waals surface area contributed by atoms with Crippen molar-refractivity contribution in [1.82, 2.24) is 15.2 Å². The maximum Gasteiger partial charge on any atom is 0.322 e. The second-order valence-corrected chi connectivity index (χ2v) is 5.13. The molecule has 0 aliphatic rings. The van der Waals surface area contributed by atoms with Gasteiger partial charge in [-0.15, -0.1) is 5.10 Å². The van der Waals surface area contributed by atoms with Gasteiger partial charge in [-0.1, -0.05) is 25.9 Å². The molecule has 9 nitrogen and oxygen atoms in total. The molecule has 0 aliphatic carbocycles. The number of aromatic nitrogens is 3. The molecule has 0 fully saturated rings. The van der Waals surface area contributed by atoms with E-state index in [1.54, 1.807) is 20.8 Å². The van der Waals surface area contributed by atoms with E-state index in [1.165, 1.54) is 6.26 Å². The van der Waals surface area contributed by atoms with E-state index < -0.39 is 0 Å². The van der Waals surface area contributed by atoms with Crippen molar-refractivity contribution in [2.75, 3.05) is 10.6 Å². The summed E-state index contributed by atoms with van der Waals surface area (Å²) in [5.74, 6) is -1.02. The summed E-state index contributed by atoms with van der Waals surface area (Å²) in [5.41, 5.74) is 0.562.